The molecule has 0 fully saturated rings. The van der Waals surface area contributed by atoms with E-state index in [9.17, 15) is 9.59 Å². The fourth-order valence-electron chi connectivity index (χ4n) is 2.86. The number of carbonyl (C=O) groups excluding carboxylic acids is 2. The molecule has 2 N–H and O–H groups in total. The number of rotatable bonds is 7. The van der Waals surface area contributed by atoms with E-state index in [-0.39, 0.29) is 18.4 Å². The van der Waals surface area contributed by atoms with Crippen LogP contribution in [0.25, 0.3) is 11.0 Å². The van der Waals surface area contributed by atoms with Crippen LogP contribution in [0.4, 0.5) is 5.69 Å². The van der Waals surface area contributed by atoms with Crippen LogP contribution in [-0.4, -0.2) is 34.7 Å². The van der Waals surface area contributed by atoms with Crippen LogP contribution in [0.3, 0.4) is 0 Å². The molecule has 3 rings (SSSR count). The normalized spacial score (nSPS) is 10.7. The molecule has 0 aliphatic heterocycles. The summed E-state index contributed by atoms with van der Waals surface area (Å²) in [6.07, 6.45) is 2.34. The quantitative estimate of drug-likeness (QED) is 0.659. The molecular formula is C20H22N4O2S. The maximum absolute atomic E-state index is 12.6. The summed E-state index contributed by atoms with van der Waals surface area (Å²) in [4.78, 5) is 28.6. The van der Waals surface area contributed by atoms with Crippen molar-refractivity contribution in [2.24, 2.45) is 0 Å². The SMILES string of the molecule is CNC(=O)Cc1ccc(NC(=O)Cn2c(CSC)nc3ccccc32)cc1. The lowest BCUT2D eigenvalue weighted by molar-refractivity contribution is -0.120. The summed E-state index contributed by atoms with van der Waals surface area (Å²) in [6.45, 7) is 0.205. The predicted octanol–water partition coefficient (Wildman–Crippen LogP) is 2.83. The average Bonchev–Trinajstić information content (AvgIpc) is 3.01. The first-order chi connectivity index (χ1) is 13.1. The Balaban J connectivity index is 1.71. The number of para-hydroxylation sites is 2. The van der Waals surface area contributed by atoms with Crippen molar-refractivity contribution in [1.29, 1.82) is 0 Å². The highest BCUT2D eigenvalue weighted by atomic mass is 32.2. The van der Waals surface area contributed by atoms with Gasteiger partial charge in [-0.2, -0.15) is 11.8 Å². The van der Waals surface area contributed by atoms with E-state index in [0.29, 0.717) is 12.1 Å². The Morgan fingerprint density at radius 3 is 2.52 bits per heavy atom. The lowest BCUT2D eigenvalue weighted by atomic mass is 10.1. The van der Waals surface area contributed by atoms with Crippen molar-refractivity contribution in [3.05, 3.63) is 59.9 Å². The fraction of sp³-hybridized carbons (Fsp3) is 0.250. The van der Waals surface area contributed by atoms with Crippen LogP contribution in [0.5, 0.6) is 0 Å². The van der Waals surface area contributed by atoms with E-state index in [1.165, 1.54) is 0 Å². The van der Waals surface area contributed by atoms with E-state index in [1.807, 2.05) is 59.4 Å². The molecule has 0 atom stereocenters. The van der Waals surface area contributed by atoms with Crippen LogP contribution < -0.4 is 10.6 Å². The molecule has 0 aliphatic carbocycles. The molecule has 0 radical (unpaired) electrons. The smallest absolute Gasteiger partial charge is 0.244 e. The molecular weight excluding hydrogens is 360 g/mol. The molecule has 2 aromatic carbocycles. The second kappa shape index (κ2) is 8.73. The molecule has 1 aromatic heterocycles. The average molecular weight is 382 g/mol. The van der Waals surface area contributed by atoms with Crippen LogP contribution in [0.15, 0.2) is 48.5 Å². The lowest BCUT2D eigenvalue weighted by Crippen LogP contribution is -2.20. The minimum atomic E-state index is -0.112. The number of fused-ring (bicyclic) bond motifs is 1. The molecule has 0 saturated carbocycles. The first kappa shape index (κ1) is 19.0. The van der Waals surface area contributed by atoms with Gasteiger partial charge in [0.15, 0.2) is 0 Å². The van der Waals surface area contributed by atoms with Gasteiger partial charge in [-0.1, -0.05) is 24.3 Å². The zero-order valence-electron chi connectivity index (χ0n) is 15.4. The lowest BCUT2D eigenvalue weighted by Gasteiger charge is -2.10. The maximum atomic E-state index is 12.6. The third kappa shape index (κ3) is 4.68. The molecule has 3 aromatic rings. The molecule has 0 saturated heterocycles. The van der Waals surface area contributed by atoms with Crippen molar-refractivity contribution in [2.75, 3.05) is 18.6 Å². The highest BCUT2D eigenvalue weighted by molar-refractivity contribution is 7.97. The third-order valence-electron chi connectivity index (χ3n) is 4.19. The first-order valence-corrected chi connectivity index (χ1v) is 10.0. The highest BCUT2D eigenvalue weighted by Gasteiger charge is 2.13. The number of imidazole rings is 1. The third-order valence-corrected chi connectivity index (χ3v) is 4.74. The Bertz CT molecular complexity index is 950. The van der Waals surface area contributed by atoms with Crippen LogP contribution in [0.1, 0.15) is 11.4 Å². The number of benzene rings is 2. The van der Waals surface area contributed by atoms with Crippen molar-refractivity contribution < 1.29 is 9.59 Å². The minimum Gasteiger partial charge on any atom is -0.359 e. The van der Waals surface area contributed by atoms with Gasteiger partial charge < -0.3 is 15.2 Å². The Labute approximate surface area is 162 Å². The number of amides is 2. The number of nitrogens with one attached hydrogen (secondary N) is 2. The number of carbonyl (C=O) groups is 2. The van der Waals surface area contributed by atoms with Crippen LogP contribution in [0, 0.1) is 0 Å². The van der Waals surface area contributed by atoms with E-state index in [1.54, 1.807) is 18.8 Å². The van der Waals surface area contributed by atoms with Gasteiger partial charge >= 0.3 is 0 Å². The Morgan fingerprint density at radius 2 is 1.81 bits per heavy atom. The van der Waals surface area contributed by atoms with Crippen LogP contribution >= 0.6 is 11.8 Å². The molecule has 0 spiro atoms. The van der Waals surface area contributed by atoms with Gasteiger partial charge in [0.1, 0.15) is 12.4 Å². The number of nitrogens with zero attached hydrogens (tertiary/aromatic N) is 2. The van der Waals surface area contributed by atoms with Crippen molar-refractivity contribution >= 4 is 40.3 Å². The van der Waals surface area contributed by atoms with Crippen molar-refractivity contribution in [3.63, 3.8) is 0 Å². The standard InChI is InChI=1S/C20H22N4O2S/c1-21-19(25)11-14-7-9-15(10-8-14)22-20(26)12-24-17-6-4-3-5-16(17)23-18(24)13-27-2/h3-10H,11-13H2,1-2H3,(H,21,25)(H,22,26). The van der Waals surface area contributed by atoms with Gasteiger partial charge in [0.05, 0.1) is 23.2 Å². The predicted molar refractivity (Wildman–Crippen MR) is 110 cm³/mol. The van der Waals surface area contributed by atoms with E-state index in [2.05, 4.69) is 15.6 Å². The molecule has 140 valence electrons. The van der Waals surface area contributed by atoms with Gasteiger partial charge in [-0.25, -0.2) is 4.98 Å². The molecule has 1 heterocycles. The second-order valence-electron chi connectivity index (χ2n) is 6.13. The van der Waals surface area contributed by atoms with Gasteiger partial charge in [0, 0.05) is 12.7 Å². The molecule has 0 unspecified atom stereocenters. The van der Waals surface area contributed by atoms with Gasteiger partial charge in [-0.15, -0.1) is 0 Å². The molecule has 7 heteroatoms. The summed E-state index contributed by atoms with van der Waals surface area (Å²) in [5.41, 5.74) is 3.46. The molecule has 27 heavy (non-hydrogen) atoms. The van der Waals surface area contributed by atoms with Gasteiger partial charge in [0.25, 0.3) is 0 Å². The summed E-state index contributed by atoms with van der Waals surface area (Å²) in [5.74, 6) is 1.48. The van der Waals surface area contributed by atoms with Crippen molar-refractivity contribution in [3.8, 4) is 0 Å². The van der Waals surface area contributed by atoms with Gasteiger partial charge in [-0.05, 0) is 36.1 Å². The number of hydrogen-bond acceptors (Lipinski definition) is 4. The summed E-state index contributed by atoms with van der Waals surface area (Å²) < 4.78 is 1.96. The number of likely N-dealkylation sites (N-methyl/N-ethyl adjacent to an activating group) is 1. The Morgan fingerprint density at radius 1 is 1.07 bits per heavy atom. The van der Waals surface area contributed by atoms with E-state index in [0.717, 1.165) is 28.2 Å². The fourth-order valence-corrected chi connectivity index (χ4v) is 3.34. The number of thioether (sulfide) groups is 1. The van der Waals surface area contributed by atoms with Gasteiger partial charge in [0.2, 0.25) is 11.8 Å². The number of hydrogen-bond donors (Lipinski definition) is 2. The summed E-state index contributed by atoms with van der Waals surface area (Å²) in [7, 11) is 1.61. The molecule has 0 aliphatic rings. The number of anilines is 1. The van der Waals surface area contributed by atoms with Crippen LogP contribution in [-0.2, 0) is 28.3 Å². The topological polar surface area (TPSA) is 76.0 Å². The van der Waals surface area contributed by atoms with Gasteiger partial charge in [-0.3, -0.25) is 9.59 Å². The zero-order chi connectivity index (χ0) is 19.2. The van der Waals surface area contributed by atoms with Crippen molar-refractivity contribution in [2.45, 2.75) is 18.7 Å². The summed E-state index contributed by atoms with van der Waals surface area (Å²) in [5, 5.41) is 5.51. The van der Waals surface area contributed by atoms with E-state index < -0.39 is 0 Å². The first-order valence-electron chi connectivity index (χ1n) is 8.63. The van der Waals surface area contributed by atoms with E-state index >= 15 is 0 Å². The summed E-state index contributed by atoms with van der Waals surface area (Å²) >= 11 is 1.68. The largest absolute Gasteiger partial charge is 0.359 e. The van der Waals surface area contributed by atoms with E-state index in [4.69, 9.17) is 0 Å². The second-order valence-corrected chi connectivity index (χ2v) is 7.00. The maximum Gasteiger partial charge on any atom is 0.244 e. The summed E-state index contributed by atoms with van der Waals surface area (Å²) in [6, 6.07) is 15.1. The zero-order valence-corrected chi connectivity index (χ0v) is 16.2. The van der Waals surface area contributed by atoms with Crippen molar-refractivity contribution in [1.82, 2.24) is 14.9 Å². The molecule has 0 bridgehead atoms. The monoisotopic (exact) mass is 382 g/mol. The Kier molecular flexibility index (Phi) is 6.13. The highest BCUT2D eigenvalue weighted by Crippen LogP contribution is 2.19. The number of aromatic nitrogens is 2. The molecule has 2 amide bonds. The minimum absolute atomic E-state index is 0.0416. The van der Waals surface area contributed by atoms with Crippen LogP contribution in [0.2, 0.25) is 0 Å². The Hall–Kier alpha value is -2.80. The molecule has 6 nitrogen and oxygen atoms in total.